The van der Waals surface area contributed by atoms with Crippen molar-refractivity contribution in [1.29, 1.82) is 0 Å². The summed E-state index contributed by atoms with van der Waals surface area (Å²) >= 11 is 0. The Morgan fingerprint density at radius 3 is 1.95 bits per heavy atom. The van der Waals surface area contributed by atoms with Crippen molar-refractivity contribution in [3.05, 3.63) is 77.1 Å². The molecule has 3 rings (SSSR count). The van der Waals surface area contributed by atoms with Crippen LogP contribution in [0.3, 0.4) is 0 Å². The van der Waals surface area contributed by atoms with E-state index in [4.69, 9.17) is 18.9 Å². The fraction of sp³-hybridized carbons (Fsp3) is 0.296. The molecule has 2 N–H and O–H groups in total. The number of hydrogen-bond donors (Lipinski definition) is 2. The van der Waals surface area contributed by atoms with Crippen LogP contribution in [-0.2, 0) is 9.53 Å². The summed E-state index contributed by atoms with van der Waals surface area (Å²) in [6.45, 7) is 2.84. The highest BCUT2D eigenvalue weighted by atomic mass is 19.1. The first-order valence-electron chi connectivity index (χ1n) is 11.5. The van der Waals surface area contributed by atoms with Gasteiger partial charge in [-0.3, -0.25) is 4.79 Å². The highest BCUT2D eigenvalue weighted by Gasteiger charge is 2.32. The molecule has 0 saturated heterocycles. The van der Waals surface area contributed by atoms with E-state index >= 15 is 8.78 Å². The van der Waals surface area contributed by atoms with Gasteiger partial charge in [0.1, 0.15) is 35.3 Å². The van der Waals surface area contributed by atoms with Crippen molar-refractivity contribution in [2.45, 2.75) is 31.9 Å². The average molecular weight is 531 g/mol. The number of amides is 1. The minimum absolute atomic E-state index is 0.0254. The highest BCUT2D eigenvalue weighted by Crippen LogP contribution is 2.37. The Labute approximate surface area is 218 Å². The molecule has 3 aromatic rings. The summed E-state index contributed by atoms with van der Waals surface area (Å²) in [7, 11) is 4.12. The Morgan fingerprint density at radius 1 is 0.895 bits per heavy atom. The van der Waals surface area contributed by atoms with E-state index in [0.29, 0.717) is 11.5 Å². The lowest BCUT2D eigenvalue weighted by Gasteiger charge is -2.27. The van der Waals surface area contributed by atoms with Crippen LogP contribution in [0, 0.1) is 11.6 Å². The third-order valence-electron chi connectivity index (χ3n) is 5.87. The number of benzene rings is 2. The zero-order valence-corrected chi connectivity index (χ0v) is 21.5. The molecular weight excluding hydrogens is 502 g/mol. The first-order valence-corrected chi connectivity index (χ1v) is 11.5. The van der Waals surface area contributed by atoms with Crippen molar-refractivity contribution in [1.82, 2.24) is 10.3 Å². The van der Waals surface area contributed by atoms with E-state index in [1.54, 1.807) is 0 Å². The van der Waals surface area contributed by atoms with E-state index < -0.39 is 47.3 Å². The SMILES string of the molecule is COc1ccc(F)c(C(c2cc(OC)ccc2F)[C@H](C)OC(=O)[C@H](C)NC(=O)c2nccc(OC)c2O)c1. The van der Waals surface area contributed by atoms with Gasteiger partial charge in [0.25, 0.3) is 5.91 Å². The van der Waals surface area contributed by atoms with Crippen LogP contribution in [0.1, 0.15) is 41.4 Å². The van der Waals surface area contributed by atoms with Gasteiger partial charge in [-0.15, -0.1) is 0 Å². The van der Waals surface area contributed by atoms with Crippen molar-refractivity contribution in [3.63, 3.8) is 0 Å². The number of ether oxygens (including phenoxy) is 4. The molecule has 38 heavy (non-hydrogen) atoms. The fourth-order valence-electron chi connectivity index (χ4n) is 3.89. The Balaban J connectivity index is 1.89. The lowest BCUT2D eigenvalue weighted by atomic mass is 9.86. The number of hydrogen-bond acceptors (Lipinski definition) is 8. The first kappa shape index (κ1) is 28.2. The van der Waals surface area contributed by atoms with Crippen LogP contribution in [0.25, 0.3) is 0 Å². The zero-order chi connectivity index (χ0) is 28.0. The van der Waals surface area contributed by atoms with Gasteiger partial charge in [-0.2, -0.15) is 0 Å². The number of methoxy groups -OCH3 is 3. The smallest absolute Gasteiger partial charge is 0.328 e. The molecule has 0 aliphatic carbocycles. The molecule has 2 aromatic carbocycles. The summed E-state index contributed by atoms with van der Waals surface area (Å²) in [4.78, 5) is 29.4. The summed E-state index contributed by atoms with van der Waals surface area (Å²) in [5.74, 6) is -4.00. The van der Waals surface area contributed by atoms with Crippen LogP contribution < -0.4 is 19.5 Å². The second kappa shape index (κ2) is 12.2. The number of nitrogens with zero attached hydrogens (tertiary/aromatic N) is 1. The highest BCUT2D eigenvalue weighted by molar-refractivity contribution is 5.97. The van der Waals surface area contributed by atoms with Crippen molar-refractivity contribution < 1.29 is 42.4 Å². The molecule has 1 amide bonds. The van der Waals surface area contributed by atoms with Crippen LogP contribution in [-0.4, -0.2) is 55.4 Å². The number of rotatable bonds is 10. The molecule has 1 aromatic heterocycles. The molecular formula is C27H28F2N2O7. The van der Waals surface area contributed by atoms with Crippen LogP contribution in [0.2, 0.25) is 0 Å². The maximum absolute atomic E-state index is 15.0. The number of esters is 1. The largest absolute Gasteiger partial charge is 0.503 e. The van der Waals surface area contributed by atoms with Crippen LogP contribution in [0.15, 0.2) is 48.7 Å². The van der Waals surface area contributed by atoms with Crippen molar-refractivity contribution in [2.75, 3.05) is 21.3 Å². The van der Waals surface area contributed by atoms with Crippen LogP contribution >= 0.6 is 0 Å². The van der Waals surface area contributed by atoms with Gasteiger partial charge in [-0.1, -0.05) is 0 Å². The van der Waals surface area contributed by atoms with E-state index in [1.165, 1.54) is 83.8 Å². The van der Waals surface area contributed by atoms with Gasteiger partial charge in [0.2, 0.25) is 0 Å². The molecule has 0 saturated carbocycles. The number of aromatic nitrogens is 1. The van der Waals surface area contributed by atoms with E-state index in [9.17, 15) is 14.7 Å². The minimum Gasteiger partial charge on any atom is -0.503 e. The fourth-order valence-corrected chi connectivity index (χ4v) is 3.89. The number of carbonyl (C=O) groups excluding carboxylic acids is 2. The second-order valence-corrected chi connectivity index (χ2v) is 8.30. The summed E-state index contributed by atoms with van der Waals surface area (Å²) in [5, 5.41) is 12.6. The Bertz CT molecular complexity index is 1270. The lowest BCUT2D eigenvalue weighted by Crippen LogP contribution is -2.41. The molecule has 0 bridgehead atoms. The van der Waals surface area contributed by atoms with Gasteiger partial charge in [0.15, 0.2) is 17.2 Å². The predicted molar refractivity (Wildman–Crippen MR) is 133 cm³/mol. The quantitative estimate of drug-likeness (QED) is 0.379. The third kappa shape index (κ3) is 6.10. The van der Waals surface area contributed by atoms with Gasteiger partial charge in [0.05, 0.1) is 27.2 Å². The van der Waals surface area contributed by atoms with Gasteiger partial charge >= 0.3 is 5.97 Å². The lowest BCUT2D eigenvalue weighted by molar-refractivity contribution is -0.150. The molecule has 9 nitrogen and oxygen atoms in total. The summed E-state index contributed by atoms with van der Waals surface area (Å²) in [5.41, 5.74) is -0.301. The van der Waals surface area contributed by atoms with Crippen LogP contribution in [0.5, 0.6) is 23.0 Å². The molecule has 0 aliphatic heterocycles. The maximum atomic E-state index is 15.0. The van der Waals surface area contributed by atoms with Crippen LogP contribution in [0.4, 0.5) is 8.78 Å². The zero-order valence-electron chi connectivity index (χ0n) is 21.5. The molecule has 0 radical (unpaired) electrons. The van der Waals surface area contributed by atoms with E-state index in [0.717, 1.165) is 0 Å². The number of aromatic hydroxyl groups is 1. The van der Waals surface area contributed by atoms with E-state index in [2.05, 4.69) is 10.3 Å². The average Bonchev–Trinajstić information content (AvgIpc) is 2.90. The van der Waals surface area contributed by atoms with Gasteiger partial charge in [-0.05, 0) is 50.2 Å². The molecule has 0 unspecified atom stereocenters. The molecule has 11 heteroatoms. The Kier molecular flexibility index (Phi) is 9.06. The molecule has 0 spiro atoms. The first-order chi connectivity index (χ1) is 18.1. The standard InChI is InChI=1S/C27H28F2N2O7/c1-14(31-26(33)24-25(32)22(37-5)10-11-30-24)27(34)38-15(2)23(18-12-16(35-3)6-8-20(18)28)19-13-17(36-4)7-9-21(19)29/h6-15,23,32H,1-5H3,(H,31,33)/t14-,15-/m0/s1. The topological polar surface area (TPSA) is 116 Å². The Hall–Kier alpha value is -4.41. The Morgan fingerprint density at radius 2 is 1.45 bits per heavy atom. The van der Waals surface area contributed by atoms with E-state index in [1.807, 2.05) is 0 Å². The second-order valence-electron chi connectivity index (χ2n) is 8.30. The van der Waals surface area contributed by atoms with Crippen molar-refractivity contribution in [2.24, 2.45) is 0 Å². The molecule has 2 atom stereocenters. The number of carbonyl (C=O) groups is 2. The normalized spacial score (nSPS) is 12.4. The molecule has 0 fully saturated rings. The number of pyridine rings is 1. The molecule has 0 aliphatic rings. The maximum Gasteiger partial charge on any atom is 0.328 e. The van der Waals surface area contributed by atoms with Gasteiger partial charge in [-0.25, -0.2) is 18.6 Å². The molecule has 1 heterocycles. The van der Waals surface area contributed by atoms with E-state index in [-0.39, 0.29) is 22.6 Å². The minimum atomic E-state index is -1.21. The third-order valence-corrected chi connectivity index (χ3v) is 5.87. The summed E-state index contributed by atoms with van der Waals surface area (Å²) < 4.78 is 51.0. The molecule has 202 valence electrons. The summed E-state index contributed by atoms with van der Waals surface area (Å²) in [6.07, 6.45) is 0.155. The van der Waals surface area contributed by atoms with Crippen molar-refractivity contribution in [3.8, 4) is 23.0 Å². The summed E-state index contributed by atoms with van der Waals surface area (Å²) in [6, 6.07) is 8.11. The number of nitrogens with one attached hydrogen (secondary N) is 1. The van der Waals surface area contributed by atoms with Gasteiger partial charge in [0, 0.05) is 23.4 Å². The van der Waals surface area contributed by atoms with Crippen molar-refractivity contribution >= 4 is 11.9 Å². The predicted octanol–water partition coefficient (Wildman–Crippen LogP) is 3.97. The monoisotopic (exact) mass is 530 g/mol. The number of halogens is 2. The van der Waals surface area contributed by atoms with Gasteiger partial charge < -0.3 is 29.4 Å².